The van der Waals surface area contributed by atoms with Gasteiger partial charge in [0.25, 0.3) is 5.92 Å². The number of hydrogen-bond acceptors (Lipinski definition) is 4. The van der Waals surface area contributed by atoms with Crippen molar-refractivity contribution in [2.75, 3.05) is 14.2 Å². The zero-order valence-corrected chi connectivity index (χ0v) is 13.8. The maximum absolute atomic E-state index is 14.1. The van der Waals surface area contributed by atoms with Gasteiger partial charge in [-0.3, -0.25) is 4.79 Å². The molecule has 0 aliphatic heterocycles. The lowest BCUT2D eigenvalue weighted by molar-refractivity contribution is -0.142. The van der Waals surface area contributed by atoms with Gasteiger partial charge in [0.2, 0.25) is 0 Å². The van der Waals surface area contributed by atoms with Crippen molar-refractivity contribution in [1.29, 1.82) is 0 Å². The molecule has 0 aliphatic rings. The number of hydrogen-bond donors (Lipinski definition) is 0. The summed E-state index contributed by atoms with van der Waals surface area (Å²) >= 11 is 4.33. The topological polar surface area (TPSA) is 35.5 Å². The fourth-order valence-corrected chi connectivity index (χ4v) is 3.46. The molecule has 0 unspecified atom stereocenters. The number of carbonyl (C=O) groups excluding carboxylic acids is 1. The fourth-order valence-electron chi connectivity index (χ4n) is 1.86. The van der Waals surface area contributed by atoms with Crippen LogP contribution >= 0.6 is 27.3 Å². The van der Waals surface area contributed by atoms with Crippen molar-refractivity contribution in [1.82, 2.24) is 0 Å². The minimum absolute atomic E-state index is 0.0680. The van der Waals surface area contributed by atoms with E-state index < -0.39 is 18.3 Å². The predicted molar refractivity (Wildman–Crippen MR) is 81.2 cm³/mol. The maximum Gasteiger partial charge on any atom is 0.305 e. The highest BCUT2D eigenvalue weighted by atomic mass is 79.9. The molecule has 1 aromatic heterocycles. The molecule has 114 valence electrons. The summed E-state index contributed by atoms with van der Waals surface area (Å²) in [4.78, 5) is 10.9. The second-order valence-corrected chi connectivity index (χ2v) is 6.35. The highest BCUT2D eigenvalue weighted by molar-refractivity contribution is 9.10. The van der Waals surface area contributed by atoms with Gasteiger partial charge in [-0.05, 0) is 39.5 Å². The summed E-state index contributed by atoms with van der Waals surface area (Å²) in [6.45, 7) is 0. The largest absolute Gasteiger partial charge is 0.496 e. The van der Waals surface area contributed by atoms with Crippen molar-refractivity contribution in [2.45, 2.75) is 18.8 Å². The van der Waals surface area contributed by atoms with Crippen LogP contribution in [-0.4, -0.2) is 20.2 Å². The van der Waals surface area contributed by atoms with Crippen molar-refractivity contribution in [2.24, 2.45) is 0 Å². The fraction of sp³-hybridized carbons (Fsp3) is 0.357. The summed E-state index contributed by atoms with van der Waals surface area (Å²) in [7, 11) is 2.70. The number of benzene rings is 1. The van der Waals surface area contributed by atoms with Gasteiger partial charge in [0, 0.05) is 11.1 Å². The Bertz CT molecular complexity index is 670. The lowest BCUT2D eigenvalue weighted by Gasteiger charge is -2.13. The number of esters is 1. The third kappa shape index (κ3) is 3.52. The summed E-state index contributed by atoms with van der Waals surface area (Å²) in [5.74, 6) is -3.11. The Hall–Kier alpha value is -1.21. The zero-order chi connectivity index (χ0) is 15.6. The lowest BCUT2D eigenvalue weighted by Crippen LogP contribution is -2.14. The minimum atomic E-state index is -3.06. The smallest absolute Gasteiger partial charge is 0.305 e. The molecule has 3 nitrogen and oxygen atoms in total. The van der Waals surface area contributed by atoms with E-state index in [0.29, 0.717) is 20.3 Å². The molecule has 7 heteroatoms. The first-order chi connectivity index (χ1) is 9.87. The molecule has 0 amide bonds. The summed E-state index contributed by atoms with van der Waals surface area (Å²) in [5, 5.41) is 0.709. The molecule has 2 aromatic rings. The number of thiophene rings is 1. The van der Waals surface area contributed by atoms with Crippen molar-refractivity contribution in [3.05, 3.63) is 27.5 Å². The molecule has 0 saturated carbocycles. The molecule has 0 radical (unpaired) electrons. The third-order valence-electron chi connectivity index (χ3n) is 3.02. The van der Waals surface area contributed by atoms with Gasteiger partial charge < -0.3 is 9.47 Å². The molecule has 0 saturated heterocycles. The SMILES string of the molecule is COC(=O)CCC(F)(F)c1cc2cc(Br)c(OC)cc2s1. The van der Waals surface area contributed by atoms with Crippen LogP contribution in [0.3, 0.4) is 0 Å². The Labute approximate surface area is 133 Å². The van der Waals surface area contributed by atoms with Crippen molar-refractivity contribution in [3.8, 4) is 5.75 Å². The standard InChI is InChI=1S/C14H13BrF2O3S/c1-19-10-7-11-8(5-9(10)15)6-12(21-11)14(16,17)4-3-13(18)20-2/h5-7H,3-4H2,1-2H3. The van der Waals surface area contributed by atoms with Gasteiger partial charge in [-0.1, -0.05) is 0 Å². The van der Waals surface area contributed by atoms with E-state index in [1.807, 2.05) is 0 Å². The van der Waals surface area contributed by atoms with Crippen LogP contribution in [0, 0.1) is 0 Å². The van der Waals surface area contributed by atoms with Gasteiger partial charge in [-0.15, -0.1) is 11.3 Å². The molecule has 1 aromatic carbocycles. The summed E-state index contributed by atoms with van der Waals surface area (Å²) in [5.41, 5.74) is 0. The third-order valence-corrected chi connectivity index (χ3v) is 4.85. The van der Waals surface area contributed by atoms with Crippen LogP contribution in [0.5, 0.6) is 5.75 Å². The molecular formula is C14H13BrF2O3S. The molecule has 0 atom stereocenters. The maximum atomic E-state index is 14.1. The highest BCUT2D eigenvalue weighted by Gasteiger charge is 2.34. The van der Waals surface area contributed by atoms with E-state index in [1.54, 1.807) is 12.1 Å². The van der Waals surface area contributed by atoms with Gasteiger partial charge >= 0.3 is 5.97 Å². The van der Waals surface area contributed by atoms with Crippen molar-refractivity contribution < 1.29 is 23.0 Å². The zero-order valence-electron chi connectivity index (χ0n) is 11.4. The highest BCUT2D eigenvalue weighted by Crippen LogP contribution is 2.42. The van der Waals surface area contributed by atoms with Crippen LogP contribution in [-0.2, 0) is 15.5 Å². The van der Waals surface area contributed by atoms with E-state index in [9.17, 15) is 13.6 Å². The van der Waals surface area contributed by atoms with Crippen LogP contribution in [0.15, 0.2) is 22.7 Å². The van der Waals surface area contributed by atoms with Crippen LogP contribution in [0.2, 0.25) is 0 Å². The molecule has 0 spiro atoms. The first-order valence-electron chi connectivity index (χ1n) is 6.09. The van der Waals surface area contributed by atoms with Gasteiger partial charge in [-0.25, -0.2) is 8.78 Å². The number of ether oxygens (including phenoxy) is 2. The van der Waals surface area contributed by atoms with Crippen LogP contribution in [0.4, 0.5) is 8.78 Å². The lowest BCUT2D eigenvalue weighted by atomic mass is 10.1. The minimum Gasteiger partial charge on any atom is -0.496 e. The average Bonchev–Trinajstić information content (AvgIpc) is 2.87. The molecule has 0 aliphatic carbocycles. The summed E-state index contributed by atoms with van der Waals surface area (Å²) in [6.07, 6.45) is -0.879. The monoisotopic (exact) mass is 378 g/mol. The Morgan fingerprint density at radius 1 is 1.33 bits per heavy atom. The number of carbonyl (C=O) groups is 1. The van der Waals surface area contributed by atoms with Crippen LogP contribution < -0.4 is 4.74 Å². The second kappa shape index (κ2) is 6.27. The van der Waals surface area contributed by atoms with Crippen LogP contribution in [0.1, 0.15) is 17.7 Å². The number of halogens is 3. The number of alkyl halides is 2. The van der Waals surface area contributed by atoms with Gasteiger partial charge in [0.15, 0.2) is 0 Å². The van der Waals surface area contributed by atoms with E-state index in [4.69, 9.17) is 4.74 Å². The van der Waals surface area contributed by atoms with Gasteiger partial charge in [0.1, 0.15) is 5.75 Å². The van der Waals surface area contributed by atoms with Crippen molar-refractivity contribution in [3.63, 3.8) is 0 Å². The first kappa shape index (κ1) is 16.2. The summed E-state index contributed by atoms with van der Waals surface area (Å²) in [6, 6.07) is 4.90. The van der Waals surface area contributed by atoms with E-state index in [0.717, 1.165) is 11.3 Å². The molecule has 21 heavy (non-hydrogen) atoms. The Morgan fingerprint density at radius 3 is 2.67 bits per heavy atom. The molecule has 0 bridgehead atoms. The van der Waals surface area contributed by atoms with E-state index in [-0.39, 0.29) is 11.3 Å². The molecular weight excluding hydrogens is 366 g/mol. The summed E-state index contributed by atoms with van der Waals surface area (Å²) < 4.78 is 39.2. The van der Waals surface area contributed by atoms with E-state index in [1.165, 1.54) is 20.3 Å². The van der Waals surface area contributed by atoms with E-state index >= 15 is 0 Å². The van der Waals surface area contributed by atoms with Gasteiger partial charge in [-0.2, -0.15) is 0 Å². The van der Waals surface area contributed by atoms with Crippen LogP contribution in [0.25, 0.3) is 10.1 Å². The number of methoxy groups -OCH3 is 2. The van der Waals surface area contributed by atoms with E-state index in [2.05, 4.69) is 20.7 Å². The first-order valence-corrected chi connectivity index (χ1v) is 7.70. The quantitative estimate of drug-likeness (QED) is 0.706. The Balaban J connectivity index is 2.31. The van der Waals surface area contributed by atoms with Gasteiger partial charge in [0.05, 0.1) is 30.0 Å². The van der Waals surface area contributed by atoms with Crippen molar-refractivity contribution >= 4 is 43.3 Å². The molecule has 2 rings (SSSR count). The normalized spacial score (nSPS) is 11.7. The molecule has 0 N–H and O–H groups in total. The average molecular weight is 379 g/mol. The predicted octanol–water partition coefficient (Wildman–Crippen LogP) is 4.72. The Kier molecular flexibility index (Phi) is 4.83. The molecule has 1 heterocycles. The molecule has 0 fully saturated rings. The number of fused-ring (bicyclic) bond motifs is 1. The Morgan fingerprint density at radius 2 is 2.05 bits per heavy atom. The number of rotatable bonds is 5. The second-order valence-electron chi connectivity index (χ2n) is 4.42.